The van der Waals surface area contributed by atoms with E-state index in [0.29, 0.717) is 30.5 Å². The highest BCUT2D eigenvalue weighted by molar-refractivity contribution is 5.92. The van der Waals surface area contributed by atoms with Gasteiger partial charge in [0.2, 0.25) is 11.8 Å². The van der Waals surface area contributed by atoms with E-state index >= 15 is 0 Å². The molecule has 3 aromatic rings. The molecule has 0 saturated carbocycles. The van der Waals surface area contributed by atoms with Crippen molar-refractivity contribution in [1.82, 2.24) is 29.5 Å². The number of pyridine rings is 1. The van der Waals surface area contributed by atoms with Crippen LogP contribution in [0.25, 0.3) is 5.78 Å². The second-order valence-electron chi connectivity index (χ2n) is 7.79. The molecule has 0 aromatic carbocycles. The van der Waals surface area contributed by atoms with Crippen molar-refractivity contribution in [3.8, 4) is 0 Å². The molecule has 1 unspecified atom stereocenters. The van der Waals surface area contributed by atoms with E-state index in [-0.39, 0.29) is 24.2 Å². The first-order valence-corrected chi connectivity index (χ1v) is 10.1. The highest BCUT2D eigenvalue weighted by Gasteiger charge is 2.29. The lowest BCUT2D eigenvalue weighted by Crippen LogP contribution is -2.44. The fraction of sp³-hybridized carbons (Fsp3) is 0.429. The van der Waals surface area contributed by atoms with Gasteiger partial charge in [-0.1, -0.05) is 6.07 Å². The maximum atomic E-state index is 12.8. The molecule has 9 heteroatoms. The SMILES string of the molecule is Cc1cccc(NC(=O)C2CCCN(C(=O)Cc3nc4nc(C)cc(C)n4n3)C2)n1. The van der Waals surface area contributed by atoms with Gasteiger partial charge in [-0.05, 0) is 51.8 Å². The smallest absolute Gasteiger partial charge is 0.252 e. The van der Waals surface area contributed by atoms with Gasteiger partial charge in [0, 0.05) is 30.2 Å². The summed E-state index contributed by atoms with van der Waals surface area (Å²) in [5.74, 6) is 1.04. The van der Waals surface area contributed by atoms with Crippen LogP contribution in [0.2, 0.25) is 0 Å². The molecular formula is C21H25N7O2. The number of anilines is 1. The summed E-state index contributed by atoms with van der Waals surface area (Å²) >= 11 is 0. The Morgan fingerprint density at radius 1 is 1.13 bits per heavy atom. The third kappa shape index (κ3) is 4.29. The monoisotopic (exact) mass is 407 g/mol. The number of amides is 2. The van der Waals surface area contributed by atoms with Gasteiger partial charge in [-0.25, -0.2) is 14.5 Å². The molecule has 4 rings (SSSR count). The minimum absolute atomic E-state index is 0.0774. The fourth-order valence-corrected chi connectivity index (χ4v) is 3.79. The Morgan fingerprint density at radius 2 is 1.97 bits per heavy atom. The van der Waals surface area contributed by atoms with E-state index in [0.717, 1.165) is 29.9 Å². The van der Waals surface area contributed by atoms with Crippen molar-refractivity contribution in [2.75, 3.05) is 18.4 Å². The Morgan fingerprint density at radius 3 is 2.77 bits per heavy atom. The van der Waals surface area contributed by atoms with Crippen molar-refractivity contribution in [1.29, 1.82) is 0 Å². The number of rotatable bonds is 4. The Kier molecular flexibility index (Phi) is 5.43. The maximum Gasteiger partial charge on any atom is 0.252 e. The molecule has 1 aliphatic heterocycles. The normalized spacial score (nSPS) is 16.6. The molecule has 1 saturated heterocycles. The van der Waals surface area contributed by atoms with Gasteiger partial charge >= 0.3 is 0 Å². The van der Waals surface area contributed by atoms with Crippen molar-refractivity contribution in [2.24, 2.45) is 5.92 Å². The number of carbonyl (C=O) groups excluding carboxylic acids is 2. The Balaban J connectivity index is 1.41. The molecule has 1 N–H and O–H groups in total. The number of likely N-dealkylation sites (tertiary alicyclic amines) is 1. The van der Waals surface area contributed by atoms with Crippen LogP contribution in [-0.4, -0.2) is 54.4 Å². The largest absolute Gasteiger partial charge is 0.342 e. The number of nitrogens with one attached hydrogen (secondary N) is 1. The summed E-state index contributed by atoms with van der Waals surface area (Å²) in [7, 11) is 0. The summed E-state index contributed by atoms with van der Waals surface area (Å²) in [6.07, 6.45) is 1.62. The van der Waals surface area contributed by atoms with E-state index in [9.17, 15) is 9.59 Å². The highest BCUT2D eigenvalue weighted by atomic mass is 16.2. The molecule has 1 fully saturated rings. The van der Waals surface area contributed by atoms with Gasteiger partial charge in [0.15, 0.2) is 5.82 Å². The molecule has 9 nitrogen and oxygen atoms in total. The van der Waals surface area contributed by atoms with E-state index in [4.69, 9.17) is 0 Å². The van der Waals surface area contributed by atoms with Crippen molar-refractivity contribution in [3.63, 3.8) is 0 Å². The number of carbonyl (C=O) groups is 2. The Hall–Kier alpha value is -3.36. The zero-order chi connectivity index (χ0) is 21.3. The van der Waals surface area contributed by atoms with E-state index < -0.39 is 0 Å². The van der Waals surface area contributed by atoms with Gasteiger partial charge < -0.3 is 10.2 Å². The zero-order valence-electron chi connectivity index (χ0n) is 17.4. The van der Waals surface area contributed by atoms with Crippen LogP contribution in [0.3, 0.4) is 0 Å². The standard InChI is InChI=1S/C21H25N7O2/c1-13-6-4-8-17(22-13)24-20(30)16-7-5-9-27(12-16)19(29)11-18-25-21-23-14(2)10-15(3)28(21)26-18/h4,6,8,10,16H,5,7,9,11-12H2,1-3H3,(H,22,24,30). The Bertz CT molecular complexity index is 1110. The molecule has 0 bridgehead atoms. The number of aromatic nitrogens is 5. The van der Waals surface area contributed by atoms with Crippen molar-refractivity contribution in [3.05, 3.63) is 47.2 Å². The van der Waals surface area contributed by atoms with Crippen LogP contribution >= 0.6 is 0 Å². The minimum Gasteiger partial charge on any atom is -0.342 e. The summed E-state index contributed by atoms with van der Waals surface area (Å²) < 4.78 is 1.65. The number of aryl methyl sites for hydroxylation is 3. The lowest BCUT2D eigenvalue weighted by Gasteiger charge is -2.31. The summed E-state index contributed by atoms with van der Waals surface area (Å²) in [5, 5.41) is 7.28. The van der Waals surface area contributed by atoms with Gasteiger partial charge in [-0.15, -0.1) is 5.10 Å². The number of fused-ring (bicyclic) bond motifs is 1. The topological polar surface area (TPSA) is 105 Å². The maximum absolute atomic E-state index is 12.8. The van der Waals surface area contributed by atoms with Crippen LogP contribution in [0.15, 0.2) is 24.3 Å². The first-order valence-electron chi connectivity index (χ1n) is 10.1. The van der Waals surface area contributed by atoms with Crippen LogP contribution < -0.4 is 5.32 Å². The number of piperidine rings is 1. The number of hydrogen-bond donors (Lipinski definition) is 1. The highest BCUT2D eigenvalue weighted by Crippen LogP contribution is 2.19. The lowest BCUT2D eigenvalue weighted by molar-refractivity contribution is -0.134. The van der Waals surface area contributed by atoms with Crippen molar-refractivity contribution in [2.45, 2.75) is 40.0 Å². The van der Waals surface area contributed by atoms with Gasteiger partial charge in [0.25, 0.3) is 5.78 Å². The lowest BCUT2D eigenvalue weighted by atomic mass is 9.97. The van der Waals surface area contributed by atoms with E-state index in [1.54, 1.807) is 15.5 Å². The molecule has 3 aromatic heterocycles. The second-order valence-corrected chi connectivity index (χ2v) is 7.79. The van der Waals surface area contributed by atoms with Crippen LogP contribution in [-0.2, 0) is 16.0 Å². The zero-order valence-corrected chi connectivity index (χ0v) is 17.4. The van der Waals surface area contributed by atoms with Gasteiger partial charge in [0.05, 0.1) is 12.3 Å². The van der Waals surface area contributed by atoms with Crippen LogP contribution in [0.5, 0.6) is 0 Å². The van der Waals surface area contributed by atoms with Gasteiger partial charge in [-0.3, -0.25) is 9.59 Å². The molecule has 1 atom stereocenters. The molecule has 4 heterocycles. The first-order chi connectivity index (χ1) is 14.4. The van der Waals surface area contributed by atoms with Crippen LogP contribution in [0.4, 0.5) is 5.82 Å². The number of hydrogen-bond acceptors (Lipinski definition) is 6. The third-order valence-corrected chi connectivity index (χ3v) is 5.26. The van der Waals surface area contributed by atoms with Crippen molar-refractivity contribution >= 4 is 23.4 Å². The average molecular weight is 407 g/mol. The van der Waals surface area contributed by atoms with Crippen LogP contribution in [0, 0.1) is 26.7 Å². The quantitative estimate of drug-likeness (QED) is 0.708. The van der Waals surface area contributed by atoms with E-state index in [2.05, 4.69) is 25.4 Å². The summed E-state index contributed by atoms with van der Waals surface area (Å²) in [6.45, 7) is 6.73. The van der Waals surface area contributed by atoms with E-state index in [1.807, 2.05) is 39.0 Å². The second kappa shape index (κ2) is 8.17. The molecular weight excluding hydrogens is 382 g/mol. The van der Waals surface area contributed by atoms with E-state index in [1.165, 1.54) is 0 Å². The number of nitrogens with zero attached hydrogens (tertiary/aromatic N) is 6. The fourth-order valence-electron chi connectivity index (χ4n) is 3.79. The molecule has 0 radical (unpaired) electrons. The molecule has 156 valence electrons. The summed E-state index contributed by atoms with van der Waals surface area (Å²) in [4.78, 5) is 40.3. The summed E-state index contributed by atoms with van der Waals surface area (Å²) in [5.41, 5.74) is 2.62. The molecule has 0 spiro atoms. The molecule has 0 aliphatic carbocycles. The molecule has 1 aliphatic rings. The molecule has 30 heavy (non-hydrogen) atoms. The van der Waals surface area contributed by atoms with Gasteiger partial charge in [0.1, 0.15) is 5.82 Å². The summed E-state index contributed by atoms with van der Waals surface area (Å²) in [6, 6.07) is 7.42. The molecule has 2 amide bonds. The Labute approximate surface area is 174 Å². The van der Waals surface area contributed by atoms with Crippen LogP contribution in [0.1, 0.15) is 35.7 Å². The predicted molar refractivity (Wildman–Crippen MR) is 111 cm³/mol. The average Bonchev–Trinajstić information content (AvgIpc) is 3.10. The van der Waals surface area contributed by atoms with Gasteiger partial charge in [-0.2, -0.15) is 4.98 Å². The third-order valence-electron chi connectivity index (χ3n) is 5.26. The van der Waals surface area contributed by atoms with Crippen molar-refractivity contribution < 1.29 is 9.59 Å². The minimum atomic E-state index is -0.259. The predicted octanol–water partition coefficient (Wildman–Crippen LogP) is 1.86. The first kappa shape index (κ1) is 19.9.